The molecule has 0 aliphatic rings. The molecule has 0 aliphatic carbocycles. The van der Waals surface area contributed by atoms with Crippen molar-refractivity contribution in [1.29, 1.82) is 0 Å². The van der Waals surface area contributed by atoms with Crippen molar-refractivity contribution >= 4 is 33.7 Å². The van der Waals surface area contributed by atoms with Crippen LogP contribution in [0.4, 0.5) is 23.9 Å². The van der Waals surface area contributed by atoms with Crippen molar-refractivity contribution in [3.8, 4) is 5.75 Å². The number of hydrogen-bond donors (Lipinski definition) is 2. The van der Waals surface area contributed by atoms with Crippen LogP contribution in [0.25, 0.3) is 0 Å². The van der Waals surface area contributed by atoms with E-state index >= 15 is 0 Å². The molecule has 0 aliphatic heterocycles. The molecule has 0 saturated heterocycles. The maximum Gasteiger partial charge on any atom is 0.573 e. The van der Waals surface area contributed by atoms with E-state index in [1.54, 1.807) is 6.92 Å². The highest BCUT2D eigenvalue weighted by Gasteiger charge is 2.30. The molecular formula is C16H13F3N2O3S. The van der Waals surface area contributed by atoms with Gasteiger partial charge in [-0.2, -0.15) is 0 Å². The second kappa shape index (κ2) is 7.39. The molecule has 2 aromatic rings. The van der Waals surface area contributed by atoms with Gasteiger partial charge in [-0.1, -0.05) is 6.58 Å². The molecule has 132 valence electrons. The second-order valence-corrected chi connectivity index (χ2v) is 5.80. The van der Waals surface area contributed by atoms with Crippen LogP contribution in [-0.4, -0.2) is 23.1 Å². The highest BCUT2D eigenvalue weighted by Crippen LogP contribution is 2.30. The monoisotopic (exact) mass is 370 g/mol. The van der Waals surface area contributed by atoms with Gasteiger partial charge < -0.3 is 15.2 Å². The number of carboxylic acids is 1. The molecule has 5 nitrogen and oxygen atoms in total. The smallest absolute Gasteiger partial charge is 0.477 e. The molecule has 0 unspecified atom stereocenters. The number of alkyl halides is 3. The molecule has 0 bridgehead atoms. The molecule has 0 amide bonds. The van der Waals surface area contributed by atoms with E-state index in [0.29, 0.717) is 22.0 Å². The van der Waals surface area contributed by atoms with Crippen LogP contribution in [0.2, 0.25) is 0 Å². The Morgan fingerprint density at radius 2 is 2.00 bits per heavy atom. The molecule has 1 aromatic carbocycles. The Kier molecular flexibility index (Phi) is 5.48. The number of carbonyl (C=O) groups is 1. The average Bonchev–Trinajstić information content (AvgIpc) is 2.92. The summed E-state index contributed by atoms with van der Waals surface area (Å²) in [6.45, 7) is 5.20. The van der Waals surface area contributed by atoms with Crippen LogP contribution < -0.4 is 10.1 Å². The number of anilines is 1. The average molecular weight is 370 g/mol. The topological polar surface area (TPSA) is 70.9 Å². The normalized spacial score (nSPS) is 11.9. The van der Waals surface area contributed by atoms with Gasteiger partial charge in [0.15, 0.2) is 0 Å². The van der Waals surface area contributed by atoms with Gasteiger partial charge in [0.1, 0.15) is 15.6 Å². The van der Waals surface area contributed by atoms with Gasteiger partial charge in [-0.3, -0.25) is 4.99 Å². The summed E-state index contributed by atoms with van der Waals surface area (Å²) in [5.41, 5.74) is 1.47. The minimum atomic E-state index is -4.75. The van der Waals surface area contributed by atoms with E-state index in [0.717, 1.165) is 23.5 Å². The van der Waals surface area contributed by atoms with Crippen LogP contribution in [0.5, 0.6) is 5.75 Å². The van der Waals surface area contributed by atoms with Gasteiger partial charge in [0, 0.05) is 11.3 Å². The number of halogens is 3. The Morgan fingerprint density at radius 1 is 1.36 bits per heavy atom. The summed E-state index contributed by atoms with van der Waals surface area (Å²) < 4.78 is 40.2. The third kappa shape index (κ3) is 5.08. The molecule has 25 heavy (non-hydrogen) atoms. The molecule has 2 N–H and O–H groups in total. The lowest BCUT2D eigenvalue weighted by Crippen LogP contribution is -2.16. The summed E-state index contributed by atoms with van der Waals surface area (Å²) in [5.74, 6) is -1.41. The van der Waals surface area contributed by atoms with Crippen molar-refractivity contribution in [1.82, 2.24) is 0 Å². The van der Waals surface area contributed by atoms with Gasteiger partial charge in [-0.25, -0.2) is 4.79 Å². The lowest BCUT2D eigenvalue weighted by atomic mass is 10.2. The Bertz CT molecular complexity index is 811. The molecule has 0 atom stereocenters. The first-order valence-corrected chi connectivity index (χ1v) is 7.67. The largest absolute Gasteiger partial charge is 0.573 e. The third-order valence-corrected chi connectivity index (χ3v) is 3.99. The molecule has 9 heteroatoms. The van der Waals surface area contributed by atoms with Gasteiger partial charge in [0.2, 0.25) is 0 Å². The van der Waals surface area contributed by atoms with Crippen molar-refractivity contribution in [2.24, 2.45) is 4.99 Å². The Balaban J connectivity index is 2.29. The first-order valence-electron chi connectivity index (χ1n) is 6.85. The number of thiophene rings is 1. The number of nitrogens with one attached hydrogen (secondary N) is 1. The Hall–Kier alpha value is -2.81. The molecule has 2 rings (SSSR count). The molecule has 0 fully saturated rings. The van der Waals surface area contributed by atoms with Crippen LogP contribution in [0.1, 0.15) is 22.2 Å². The van der Waals surface area contributed by atoms with Crippen molar-refractivity contribution in [3.63, 3.8) is 0 Å². The highest BCUT2D eigenvalue weighted by atomic mass is 32.1. The first-order chi connectivity index (χ1) is 11.7. The van der Waals surface area contributed by atoms with Crippen LogP contribution in [0.15, 0.2) is 48.1 Å². The minimum absolute atomic E-state index is 0.128. The molecular weight excluding hydrogens is 357 g/mol. The maximum atomic E-state index is 12.1. The zero-order valence-corrected chi connectivity index (χ0v) is 13.7. The lowest BCUT2D eigenvalue weighted by molar-refractivity contribution is -0.274. The SMILES string of the molecule is C=CNc1sc(C(=O)O)cc1C(C)=Nc1ccc(OC(F)(F)F)cc1. The number of aromatic carboxylic acids is 1. The fraction of sp³-hybridized carbons (Fsp3) is 0.125. The van der Waals surface area contributed by atoms with Crippen molar-refractivity contribution in [3.05, 3.63) is 53.6 Å². The van der Waals surface area contributed by atoms with Crippen molar-refractivity contribution in [2.45, 2.75) is 13.3 Å². The van der Waals surface area contributed by atoms with Crippen LogP contribution in [0, 0.1) is 0 Å². The standard InChI is InChI=1S/C16H13F3N2O3S/c1-3-20-14-12(8-13(25-14)15(22)23)9(2)21-10-4-6-11(7-5-10)24-16(17,18)19/h3-8,20H,1H2,2H3,(H,22,23). The van der Waals surface area contributed by atoms with Crippen LogP contribution in [-0.2, 0) is 0 Å². The number of benzene rings is 1. The zero-order valence-electron chi connectivity index (χ0n) is 12.9. The van der Waals surface area contributed by atoms with Crippen LogP contribution >= 0.6 is 11.3 Å². The summed E-state index contributed by atoms with van der Waals surface area (Å²) in [7, 11) is 0. The Morgan fingerprint density at radius 3 is 2.52 bits per heavy atom. The number of aliphatic imine (C=N–C) groups is 1. The Labute approximate surface area is 145 Å². The fourth-order valence-corrected chi connectivity index (χ4v) is 2.88. The molecule has 1 aromatic heterocycles. The highest BCUT2D eigenvalue weighted by molar-refractivity contribution is 7.18. The van der Waals surface area contributed by atoms with Gasteiger partial charge in [-0.05, 0) is 43.5 Å². The summed E-state index contributed by atoms with van der Waals surface area (Å²) in [6.07, 6.45) is -3.34. The van der Waals surface area contributed by atoms with Gasteiger partial charge in [0.05, 0.1) is 5.69 Å². The first kappa shape index (κ1) is 18.5. The van der Waals surface area contributed by atoms with Gasteiger partial charge >= 0.3 is 12.3 Å². The summed E-state index contributed by atoms with van der Waals surface area (Å²) in [6, 6.07) is 6.52. The van der Waals surface area contributed by atoms with Gasteiger partial charge in [-0.15, -0.1) is 24.5 Å². The number of ether oxygens (including phenoxy) is 1. The quantitative estimate of drug-likeness (QED) is 0.699. The molecule has 1 heterocycles. The van der Waals surface area contributed by atoms with E-state index in [-0.39, 0.29) is 10.6 Å². The fourth-order valence-electron chi connectivity index (χ4n) is 1.94. The molecule has 0 spiro atoms. The summed E-state index contributed by atoms with van der Waals surface area (Å²) >= 11 is 1.03. The molecule has 0 saturated carbocycles. The van der Waals surface area contributed by atoms with E-state index in [1.165, 1.54) is 24.4 Å². The molecule has 0 radical (unpaired) electrons. The summed E-state index contributed by atoms with van der Waals surface area (Å²) in [4.78, 5) is 15.5. The van der Waals surface area contributed by atoms with Crippen molar-refractivity contribution < 1.29 is 27.8 Å². The lowest BCUT2D eigenvalue weighted by Gasteiger charge is -2.08. The van der Waals surface area contributed by atoms with E-state index < -0.39 is 12.3 Å². The predicted molar refractivity (Wildman–Crippen MR) is 90.1 cm³/mol. The number of rotatable bonds is 6. The van der Waals surface area contributed by atoms with E-state index in [2.05, 4.69) is 21.6 Å². The van der Waals surface area contributed by atoms with Crippen molar-refractivity contribution in [2.75, 3.05) is 5.32 Å². The minimum Gasteiger partial charge on any atom is -0.477 e. The third-order valence-electron chi connectivity index (χ3n) is 2.93. The van der Waals surface area contributed by atoms with Crippen LogP contribution in [0.3, 0.4) is 0 Å². The zero-order chi connectivity index (χ0) is 18.6. The predicted octanol–water partition coefficient (Wildman–Crippen LogP) is 5.04. The van der Waals surface area contributed by atoms with E-state index in [4.69, 9.17) is 5.11 Å². The number of carboxylic acid groups (broad SMARTS) is 1. The van der Waals surface area contributed by atoms with E-state index in [1.807, 2.05) is 0 Å². The van der Waals surface area contributed by atoms with E-state index in [9.17, 15) is 18.0 Å². The maximum absolute atomic E-state index is 12.1. The second-order valence-electron chi connectivity index (χ2n) is 4.75. The summed E-state index contributed by atoms with van der Waals surface area (Å²) in [5, 5.41) is 12.5. The van der Waals surface area contributed by atoms with Gasteiger partial charge in [0.25, 0.3) is 0 Å². The number of hydrogen-bond acceptors (Lipinski definition) is 5. The number of nitrogens with zero attached hydrogens (tertiary/aromatic N) is 1.